The molecule has 1 fully saturated rings. The van der Waals surface area contributed by atoms with Crippen molar-refractivity contribution in [3.05, 3.63) is 47.7 Å². The summed E-state index contributed by atoms with van der Waals surface area (Å²) in [5.74, 6) is 1.59. The van der Waals surface area contributed by atoms with Gasteiger partial charge in [0.25, 0.3) is 5.91 Å². The number of methoxy groups -OCH3 is 1. The Morgan fingerprint density at radius 3 is 2.75 bits per heavy atom. The molecule has 2 atom stereocenters. The van der Waals surface area contributed by atoms with E-state index in [9.17, 15) is 4.79 Å². The number of benzene rings is 1. The summed E-state index contributed by atoms with van der Waals surface area (Å²) in [7, 11) is 1.53. The van der Waals surface area contributed by atoms with Crippen molar-refractivity contribution in [2.24, 2.45) is 5.92 Å². The summed E-state index contributed by atoms with van der Waals surface area (Å²) < 4.78 is 6.56. The Morgan fingerprint density at radius 2 is 2.04 bits per heavy atom. The van der Waals surface area contributed by atoms with E-state index in [1.54, 1.807) is 18.2 Å². The SMILES string of the molecule is COc1ccccc1C(=O)n1nc(N)c2ccc([C@@H]3C[C@H]3C)nc21. The Bertz CT molecular complexity index is 947. The van der Waals surface area contributed by atoms with Gasteiger partial charge in [-0.15, -0.1) is 5.10 Å². The van der Waals surface area contributed by atoms with Gasteiger partial charge in [0.2, 0.25) is 0 Å². The number of rotatable bonds is 3. The number of aromatic nitrogens is 3. The molecule has 0 spiro atoms. The average molecular weight is 322 g/mol. The molecule has 24 heavy (non-hydrogen) atoms. The number of fused-ring (bicyclic) bond motifs is 1. The van der Waals surface area contributed by atoms with E-state index in [1.807, 2.05) is 18.2 Å². The lowest BCUT2D eigenvalue weighted by atomic mass is 10.2. The first-order valence-electron chi connectivity index (χ1n) is 7.93. The second kappa shape index (κ2) is 5.33. The maximum absolute atomic E-state index is 12.9. The van der Waals surface area contributed by atoms with E-state index in [2.05, 4.69) is 17.0 Å². The van der Waals surface area contributed by atoms with E-state index in [-0.39, 0.29) is 5.91 Å². The minimum atomic E-state index is -0.303. The van der Waals surface area contributed by atoms with Crippen molar-refractivity contribution < 1.29 is 9.53 Å². The molecule has 6 nitrogen and oxygen atoms in total. The van der Waals surface area contributed by atoms with Crippen molar-refractivity contribution >= 4 is 22.8 Å². The van der Waals surface area contributed by atoms with E-state index in [4.69, 9.17) is 10.5 Å². The second-order valence-electron chi connectivity index (χ2n) is 6.23. The maximum Gasteiger partial charge on any atom is 0.283 e. The van der Waals surface area contributed by atoms with Gasteiger partial charge < -0.3 is 10.5 Å². The lowest BCUT2D eigenvalue weighted by Crippen LogP contribution is -2.15. The van der Waals surface area contributed by atoms with Crippen LogP contribution < -0.4 is 10.5 Å². The van der Waals surface area contributed by atoms with Gasteiger partial charge in [-0.2, -0.15) is 4.68 Å². The number of nitrogens with zero attached hydrogens (tertiary/aromatic N) is 3. The fraction of sp³-hybridized carbons (Fsp3) is 0.278. The number of nitrogens with two attached hydrogens (primary N) is 1. The topological polar surface area (TPSA) is 83.0 Å². The number of carbonyl (C=O) groups excluding carboxylic acids is 1. The minimum absolute atomic E-state index is 0.302. The third-order valence-electron chi connectivity index (χ3n) is 4.60. The predicted molar refractivity (Wildman–Crippen MR) is 91.2 cm³/mol. The van der Waals surface area contributed by atoms with Crippen LogP contribution in [0.25, 0.3) is 11.0 Å². The molecular formula is C18H18N4O2. The number of ether oxygens (including phenoxy) is 1. The van der Waals surface area contributed by atoms with Crippen molar-refractivity contribution in [1.82, 2.24) is 14.8 Å². The fourth-order valence-corrected chi connectivity index (χ4v) is 3.05. The van der Waals surface area contributed by atoms with Crippen LogP contribution in [0, 0.1) is 5.92 Å². The number of pyridine rings is 1. The van der Waals surface area contributed by atoms with E-state index in [0.717, 1.165) is 12.1 Å². The first-order valence-corrected chi connectivity index (χ1v) is 7.93. The predicted octanol–water partition coefficient (Wildman–Crippen LogP) is 2.83. The van der Waals surface area contributed by atoms with Gasteiger partial charge in [0.05, 0.1) is 18.1 Å². The number of nitrogen functional groups attached to an aromatic ring is 1. The summed E-state index contributed by atoms with van der Waals surface area (Å²) in [6, 6.07) is 10.9. The van der Waals surface area contributed by atoms with Gasteiger partial charge in [-0.05, 0) is 36.6 Å². The van der Waals surface area contributed by atoms with Crippen molar-refractivity contribution in [1.29, 1.82) is 0 Å². The van der Waals surface area contributed by atoms with Crippen LogP contribution in [0.15, 0.2) is 36.4 Å². The van der Waals surface area contributed by atoms with Crippen LogP contribution in [-0.2, 0) is 0 Å². The molecule has 2 N–H and O–H groups in total. The maximum atomic E-state index is 12.9. The summed E-state index contributed by atoms with van der Waals surface area (Å²) in [5, 5.41) is 4.90. The molecule has 0 amide bonds. The summed E-state index contributed by atoms with van der Waals surface area (Å²) in [6.07, 6.45) is 1.13. The van der Waals surface area contributed by atoms with Crippen LogP contribution >= 0.6 is 0 Å². The number of hydrogen-bond donors (Lipinski definition) is 1. The summed E-state index contributed by atoms with van der Waals surface area (Å²) in [6.45, 7) is 2.20. The number of carbonyl (C=O) groups is 1. The van der Waals surface area contributed by atoms with Crippen molar-refractivity contribution in [2.75, 3.05) is 12.8 Å². The highest BCUT2D eigenvalue weighted by atomic mass is 16.5. The highest BCUT2D eigenvalue weighted by Crippen LogP contribution is 2.46. The lowest BCUT2D eigenvalue weighted by Gasteiger charge is -2.07. The Labute approximate surface area is 139 Å². The van der Waals surface area contributed by atoms with E-state index < -0.39 is 0 Å². The first kappa shape index (κ1) is 14.7. The van der Waals surface area contributed by atoms with Gasteiger partial charge in [-0.25, -0.2) is 4.98 Å². The van der Waals surface area contributed by atoms with Gasteiger partial charge in [-0.1, -0.05) is 19.1 Å². The highest BCUT2D eigenvalue weighted by molar-refractivity contribution is 6.03. The van der Waals surface area contributed by atoms with Crippen molar-refractivity contribution in [3.8, 4) is 5.75 Å². The summed E-state index contributed by atoms with van der Waals surface area (Å²) in [4.78, 5) is 17.6. The van der Waals surface area contributed by atoms with Gasteiger partial charge in [-0.3, -0.25) is 4.79 Å². The number of hydrogen-bond acceptors (Lipinski definition) is 5. The van der Waals surface area contributed by atoms with Crippen LogP contribution in [0.1, 0.15) is 35.3 Å². The highest BCUT2D eigenvalue weighted by Gasteiger charge is 2.35. The Balaban J connectivity index is 1.85. The number of para-hydroxylation sites is 1. The van der Waals surface area contributed by atoms with Crippen molar-refractivity contribution in [3.63, 3.8) is 0 Å². The van der Waals surface area contributed by atoms with Crippen LogP contribution in [0.2, 0.25) is 0 Å². The fourth-order valence-electron chi connectivity index (χ4n) is 3.05. The molecule has 1 aliphatic rings. The van der Waals surface area contributed by atoms with E-state index >= 15 is 0 Å². The number of anilines is 1. The van der Waals surface area contributed by atoms with Gasteiger partial charge in [0, 0.05) is 11.6 Å². The monoisotopic (exact) mass is 322 g/mol. The molecule has 122 valence electrons. The molecule has 4 rings (SSSR count). The van der Waals surface area contributed by atoms with Gasteiger partial charge >= 0.3 is 0 Å². The van der Waals surface area contributed by atoms with E-state index in [1.165, 1.54) is 11.8 Å². The molecule has 0 unspecified atom stereocenters. The standard InChI is InChI=1S/C18H18N4O2/c1-10-9-13(10)14-8-7-12-16(19)21-22(17(12)20-14)18(23)11-5-3-4-6-15(11)24-2/h3-8,10,13H,9H2,1-2H3,(H2,19,21)/t10-,13-/m1/s1. The molecule has 1 saturated carbocycles. The molecule has 3 aromatic rings. The molecular weight excluding hydrogens is 304 g/mol. The smallest absolute Gasteiger partial charge is 0.283 e. The Hall–Kier alpha value is -2.89. The normalized spacial score (nSPS) is 19.4. The van der Waals surface area contributed by atoms with Crippen LogP contribution in [0.4, 0.5) is 5.82 Å². The third kappa shape index (κ3) is 2.22. The van der Waals surface area contributed by atoms with Crippen LogP contribution in [-0.4, -0.2) is 27.8 Å². The summed E-state index contributed by atoms with van der Waals surface area (Å²) in [5.41, 5.74) is 7.89. The Kier molecular flexibility index (Phi) is 3.26. The molecule has 0 aliphatic heterocycles. The zero-order valence-electron chi connectivity index (χ0n) is 13.6. The Morgan fingerprint density at radius 1 is 1.29 bits per heavy atom. The van der Waals surface area contributed by atoms with Crippen LogP contribution in [0.5, 0.6) is 5.75 Å². The zero-order valence-corrected chi connectivity index (χ0v) is 13.6. The first-order chi connectivity index (χ1) is 11.6. The zero-order chi connectivity index (χ0) is 16.8. The van der Waals surface area contributed by atoms with Gasteiger partial charge in [0.1, 0.15) is 5.75 Å². The molecule has 0 bridgehead atoms. The summed E-state index contributed by atoms with van der Waals surface area (Å²) >= 11 is 0. The molecule has 1 aromatic carbocycles. The molecule has 0 radical (unpaired) electrons. The molecule has 2 heterocycles. The van der Waals surface area contributed by atoms with Crippen LogP contribution in [0.3, 0.4) is 0 Å². The van der Waals surface area contributed by atoms with Crippen molar-refractivity contribution in [2.45, 2.75) is 19.3 Å². The van der Waals surface area contributed by atoms with Gasteiger partial charge in [0.15, 0.2) is 11.5 Å². The molecule has 2 aromatic heterocycles. The average Bonchev–Trinajstić information content (AvgIpc) is 3.25. The largest absolute Gasteiger partial charge is 0.496 e. The lowest BCUT2D eigenvalue weighted by molar-refractivity contribution is 0.0947. The quantitative estimate of drug-likeness (QED) is 0.801. The minimum Gasteiger partial charge on any atom is -0.496 e. The third-order valence-corrected chi connectivity index (χ3v) is 4.60. The molecule has 0 saturated heterocycles. The molecule has 6 heteroatoms. The van der Waals surface area contributed by atoms with E-state index in [0.29, 0.717) is 40.0 Å². The second-order valence-corrected chi connectivity index (χ2v) is 6.23. The molecule has 1 aliphatic carbocycles.